The predicted molar refractivity (Wildman–Crippen MR) is 196 cm³/mol. The molecule has 0 radical (unpaired) electrons. The second-order valence-corrected chi connectivity index (χ2v) is 14.0. The van der Waals surface area contributed by atoms with Crippen molar-refractivity contribution in [2.75, 3.05) is 40.3 Å². The van der Waals surface area contributed by atoms with Gasteiger partial charge in [-0.15, -0.1) is 0 Å². The van der Waals surface area contributed by atoms with Crippen LogP contribution in [-0.2, 0) is 19.6 Å². The molecule has 17 nitrogen and oxygen atoms in total. The lowest BCUT2D eigenvalue weighted by Gasteiger charge is -2.19. The van der Waals surface area contributed by atoms with Crippen molar-refractivity contribution in [1.29, 1.82) is 0 Å². The number of urea groups is 3. The summed E-state index contributed by atoms with van der Waals surface area (Å²) in [5.41, 5.74) is 0.790. The van der Waals surface area contributed by atoms with Gasteiger partial charge < -0.3 is 47.1 Å². The fourth-order valence-electron chi connectivity index (χ4n) is 4.41. The number of benzene rings is 3. The Morgan fingerprint density at radius 3 is 1.88 bits per heavy atom. The summed E-state index contributed by atoms with van der Waals surface area (Å²) in [5, 5.41) is 27.7. The highest BCUT2D eigenvalue weighted by atomic mass is 32.2. The number of hydrogen-bond acceptors (Lipinski definition) is 8. The first kappa shape index (κ1) is 40.4. The van der Waals surface area contributed by atoms with E-state index in [2.05, 4.69) is 41.9 Å². The van der Waals surface area contributed by atoms with Gasteiger partial charge in [0.05, 0.1) is 17.4 Å². The van der Waals surface area contributed by atoms with E-state index < -0.39 is 58.2 Å². The summed E-state index contributed by atoms with van der Waals surface area (Å²) in [6, 6.07) is 14.9. The van der Waals surface area contributed by atoms with E-state index in [1.54, 1.807) is 32.9 Å². The molecule has 0 aliphatic heterocycles. The molecule has 1 atom stereocenters. The van der Waals surface area contributed by atoms with Crippen molar-refractivity contribution in [3.8, 4) is 0 Å². The van der Waals surface area contributed by atoms with Crippen LogP contribution in [0.3, 0.4) is 0 Å². The predicted octanol–water partition coefficient (Wildman–Crippen LogP) is 5.00. The molecule has 3 aromatic rings. The minimum Gasteiger partial charge on any atom is -0.481 e. The van der Waals surface area contributed by atoms with Crippen LogP contribution in [0.15, 0.2) is 77.7 Å². The molecule has 18 heteroatoms. The van der Waals surface area contributed by atoms with Gasteiger partial charge in [0.25, 0.3) is 10.0 Å². The number of carboxylic acid groups (broad SMARTS) is 1. The zero-order valence-electron chi connectivity index (χ0n) is 29.2. The Morgan fingerprint density at radius 2 is 1.27 bits per heavy atom. The van der Waals surface area contributed by atoms with E-state index in [0.29, 0.717) is 23.5 Å². The number of hydrogen-bond donors (Lipinski definition) is 9. The van der Waals surface area contributed by atoms with Crippen LogP contribution in [0.1, 0.15) is 52.1 Å². The van der Waals surface area contributed by atoms with E-state index in [1.807, 2.05) is 6.92 Å². The van der Waals surface area contributed by atoms with Crippen molar-refractivity contribution < 1.29 is 42.2 Å². The molecule has 0 heterocycles. The number of ether oxygens (including phenoxy) is 1. The van der Waals surface area contributed by atoms with Gasteiger partial charge in [-0.25, -0.2) is 27.6 Å². The molecule has 0 saturated carbocycles. The SMILES string of the molecule is CCCNC(=O)Nc1cccc(S(=O)(=O)Nc2cccc([C@@H](CC(=O)O)NC(=O)Nc3ccc(NC(=O)NCCNC(=O)OC(C)(C)C)cc3)c2)c1. The normalized spacial score (nSPS) is 11.6. The molecule has 0 saturated heterocycles. The third-order valence-corrected chi connectivity index (χ3v) is 8.02. The summed E-state index contributed by atoms with van der Waals surface area (Å²) in [4.78, 5) is 60.4. The largest absolute Gasteiger partial charge is 0.481 e. The minimum absolute atomic E-state index is 0.112. The summed E-state index contributed by atoms with van der Waals surface area (Å²) in [6.07, 6.45) is -0.382. The molecule has 0 bridgehead atoms. The van der Waals surface area contributed by atoms with Crippen molar-refractivity contribution in [3.63, 3.8) is 0 Å². The Hall–Kier alpha value is -6.04. The van der Waals surface area contributed by atoms with Crippen LogP contribution in [-0.4, -0.2) is 68.9 Å². The lowest BCUT2D eigenvalue weighted by atomic mass is 10.0. The van der Waals surface area contributed by atoms with E-state index in [9.17, 15) is 37.5 Å². The van der Waals surface area contributed by atoms with Gasteiger partial charge in [0, 0.05) is 42.4 Å². The first-order valence-electron chi connectivity index (χ1n) is 16.2. The Labute approximate surface area is 301 Å². The summed E-state index contributed by atoms with van der Waals surface area (Å²) in [7, 11) is -4.13. The molecule has 3 rings (SSSR count). The van der Waals surface area contributed by atoms with Crippen molar-refractivity contribution in [3.05, 3.63) is 78.4 Å². The Bertz CT molecular complexity index is 1830. The van der Waals surface area contributed by atoms with Crippen LogP contribution in [0.5, 0.6) is 0 Å². The molecule has 7 amide bonds. The van der Waals surface area contributed by atoms with Gasteiger partial charge in [0.2, 0.25) is 0 Å². The highest BCUT2D eigenvalue weighted by Crippen LogP contribution is 2.24. The fraction of sp³-hybridized carbons (Fsp3) is 0.324. The summed E-state index contributed by atoms with van der Waals surface area (Å²) < 4.78 is 34.0. The quantitative estimate of drug-likeness (QED) is 0.0950. The molecule has 0 unspecified atom stereocenters. The smallest absolute Gasteiger partial charge is 0.407 e. The maximum absolute atomic E-state index is 13.2. The van der Waals surface area contributed by atoms with Crippen LogP contribution >= 0.6 is 0 Å². The van der Waals surface area contributed by atoms with Gasteiger partial charge in [0.15, 0.2) is 0 Å². The fourth-order valence-corrected chi connectivity index (χ4v) is 5.50. The minimum atomic E-state index is -4.13. The molecule has 0 spiro atoms. The number of carbonyl (C=O) groups excluding carboxylic acids is 4. The third-order valence-electron chi connectivity index (χ3n) is 6.64. The van der Waals surface area contributed by atoms with Crippen molar-refractivity contribution in [1.82, 2.24) is 21.3 Å². The number of alkyl carbamates (subject to hydrolysis) is 1. The van der Waals surface area contributed by atoms with E-state index >= 15 is 0 Å². The summed E-state index contributed by atoms with van der Waals surface area (Å²) in [6.45, 7) is 7.85. The van der Waals surface area contributed by atoms with Crippen molar-refractivity contribution >= 4 is 62.9 Å². The first-order chi connectivity index (χ1) is 24.5. The molecule has 280 valence electrons. The highest BCUT2D eigenvalue weighted by molar-refractivity contribution is 7.92. The number of anilines is 4. The number of aliphatic carboxylic acids is 1. The molecule has 9 N–H and O–H groups in total. The molecule has 0 aliphatic rings. The first-order valence-corrected chi connectivity index (χ1v) is 17.7. The van der Waals surface area contributed by atoms with Crippen LogP contribution < -0.4 is 41.9 Å². The van der Waals surface area contributed by atoms with Crippen LogP contribution in [0.4, 0.5) is 41.9 Å². The Balaban J connectivity index is 1.58. The van der Waals surface area contributed by atoms with Gasteiger partial charge in [0.1, 0.15) is 5.60 Å². The third kappa shape index (κ3) is 14.4. The van der Waals surface area contributed by atoms with Crippen molar-refractivity contribution in [2.45, 2.75) is 57.1 Å². The molecule has 0 fully saturated rings. The van der Waals surface area contributed by atoms with E-state index in [0.717, 1.165) is 6.42 Å². The maximum Gasteiger partial charge on any atom is 0.407 e. The molecule has 0 aliphatic carbocycles. The van der Waals surface area contributed by atoms with Gasteiger partial charge >= 0.3 is 30.2 Å². The number of nitrogens with one attached hydrogen (secondary N) is 8. The number of carboxylic acids is 1. The average Bonchev–Trinajstić information content (AvgIpc) is 3.05. The number of sulfonamides is 1. The van der Waals surface area contributed by atoms with Gasteiger partial charge in [-0.1, -0.05) is 25.1 Å². The van der Waals surface area contributed by atoms with Gasteiger partial charge in [-0.3, -0.25) is 9.52 Å². The second-order valence-electron chi connectivity index (χ2n) is 12.3. The monoisotopic (exact) mass is 740 g/mol. The average molecular weight is 741 g/mol. The summed E-state index contributed by atoms with van der Waals surface area (Å²) >= 11 is 0. The Kier molecular flexibility index (Phi) is 14.6. The van der Waals surface area contributed by atoms with Crippen molar-refractivity contribution in [2.24, 2.45) is 0 Å². The maximum atomic E-state index is 13.2. The van der Waals surface area contributed by atoms with Gasteiger partial charge in [-0.2, -0.15) is 0 Å². The van der Waals surface area contributed by atoms with Crippen LogP contribution in [0, 0.1) is 0 Å². The number of carbonyl (C=O) groups is 5. The molecular weight excluding hydrogens is 696 g/mol. The standard InChI is InChI=1S/C34H44N8O9S/c1-5-16-35-30(45)40-25-9-7-11-27(20-25)52(49,50)42-26-10-6-8-22(19-26)28(21-29(43)44)41-32(47)39-24-14-12-23(13-15-24)38-31(46)36-17-18-37-33(48)51-34(2,3)4/h6-15,19-20,28,42H,5,16-18,21H2,1-4H3,(H,37,48)(H,43,44)(H2,35,40,45)(H2,36,38,46)(H2,39,41,47)/t28-/m1/s1. The lowest BCUT2D eigenvalue weighted by molar-refractivity contribution is -0.137. The second kappa shape index (κ2) is 18.8. The van der Waals surface area contributed by atoms with Crippen LogP contribution in [0.25, 0.3) is 0 Å². The number of amides is 7. The zero-order valence-corrected chi connectivity index (χ0v) is 30.0. The lowest BCUT2D eigenvalue weighted by Crippen LogP contribution is -2.39. The molecule has 3 aromatic carbocycles. The van der Waals surface area contributed by atoms with E-state index in [1.165, 1.54) is 60.7 Å². The van der Waals surface area contributed by atoms with Crippen LogP contribution in [0.2, 0.25) is 0 Å². The zero-order chi connectivity index (χ0) is 38.3. The highest BCUT2D eigenvalue weighted by Gasteiger charge is 2.21. The molecular formula is C34H44N8O9S. The van der Waals surface area contributed by atoms with Gasteiger partial charge in [-0.05, 0) is 87.4 Å². The molecule has 52 heavy (non-hydrogen) atoms. The number of rotatable bonds is 15. The summed E-state index contributed by atoms with van der Waals surface area (Å²) in [5.74, 6) is -1.21. The topological polar surface area (TPSA) is 245 Å². The molecule has 0 aromatic heterocycles. The van der Waals surface area contributed by atoms with E-state index in [4.69, 9.17) is 4.74 Å². The van der Waals surface area contributed by atoms with E-state index in [-0.39, 0.29) is 29.4 Å². The Morgan fingerprint density at radius 1 is 0.712 bits per heavy atom.